The first-order valence-electron chi connectivity index (χ1n) is 9.38. The first-order valence-corrected chi connectivity index (χ1v) is 9.38. The molecule has 0 atom stereocenters. The number of nitrogens with one attached hydrogen (secondary N) is 1. The van der Waals surface area contributed by atoms with Crippen LogP contribution in [0.3, 0.4) is 0 Å². The number of aromatic nitrogens is 1. The Kier molecular flexibility index (Phi) is 5.26. The van der Waals surface area contributed by atoms with E-state index < -0.39 is 0 Å². The fraction of sp³-hybridized carbons (Fsp3) is 0.130. The quantitative estimate of drug-likeness (QED) is 0.642. The number of carbonyl (C=O) groups excluding carboxylic acids is 3. The summed E-state index contributed by atoms with van der Waals surface area (Å²) in [5.41, 5.74) is 2.48. The number of pyridine rings is 1. The molecule has 0 unspecified atom stereocenters. The van der Waals surface area contributed by atoms with Crippen molar-refractivity contribution < 1.29 is 19.1 Å². The van der Waals surface area contributed by atoms with Crippen LogP contribution in [0.2, 0.25) is 0 Å². The number of ether oxygens (including phenoxy) is 1. The van der Waals surface area contributed by atoms with Crippen LogP contribution in [0.15, 0.2) is 66.9 Å². The summed E-state index contributed by atoms with van der Waals surface area (Å²) in [6.45, 7) is 0.336. The number of nitrogens with zero attached hydrogens (tertiary/aromatic N) is 2. The van der Waals surface area contributed by atoms with E-state index >= 15 is 0 Å². The second-order valence-electron chi connectivity index (χ2n) is 6.78. The Balaban J connectivity index is 1.54. The molecule has 0 spiro atoms. The van der Waals surface area contributed by atoms with Crippen LogP contribution in [0, 0.1) is 0 Å². The van der Waals surface area contributed by atoms with E-state index in [1.807, 2.05) is 12.1 Å². The molecule has 2 aromatic carbocycles. The Bertz CT molecular complexity index is 1090. The minimum Gasteiger partial charge on any atom is -0.496 e. The molecule has 1 aliphatic heterocycles. The molecule has 30 heavy (non-hydrogen) atoms. The molecule has 7 heteroatoms. The average Bonchev–Trinajstić information content (AvgIpc) is 3.03. The highest BCUT2D eigenvalue weighted by molar-refractivity contribution is 6.21. The maximum atomic E-state index is 12.7. The molecule has 7 nitrogen and oxygen atoms in total. The van der Waals surface area contributed by atoms with Crippen molar-refractivity contribution in [2.45, 2.75) is 13.1 Å². The van der Waals surface area contributed by atoms with Gasteiger partial charge in [-0.25, -0.2) is 0 Å². The zero-order chi connectivity index (χ0) is 21.1. The number of amides is 3. The van der Waals surface area contributed by atoms with Crippen LogP contribution < -0.4 is 10.1 Å². The summed E-state index contributed by atoms with van der Waals surface area (Å²) >= 11 is 0. The van der Waals surface area contributed by atoms with Gasteiger partial charge < -0.3 is 10.1 Å². The number of hydrogen-bond donors (Lipinski definition) is 1. The maximum absolute atomic E-state index is 12.7. The molecule has 1 N–H and O–H groups in total. The number of carbonyl (C=O) groups is 3. The van der Waals surface area contributed by atoms with E-state index in [0.29, 0.717) is 28.0 Å². The maximum Gasteiger partial charge on any atom is 0.261 e. The first-order chi connectivity index (χ1) is 14.6. The minimum atomic E-state index is -0.340. The normalized spacial score (nSPS) is 12.6. The summed E-state index contributed by atoms with van der Waals surface area (Å²) in [5.74, 6) is -0.610. The Morgan fingerprint density at radius 1 is 1.00 bits per heavy atom. The van der Waals surface area contributed by atoms with E-state index in [0.717, 1.165) is 5.69 Å². The lowest BCUT2D eigenvalue weighted by Crippen LogP contribution is -2.29. The van der Waals surface area contributed by atoms with Gasteiger partial charge in [-0.3, -0.25) is 24.3 Å². The Hall–Kier alpha value is -4.00. The highest BCUT2D eigenvalue weighted by Gasteiger charge is 2.35. The summed E-state index contributed by atoms with van der Waals surface area (Å²) in [7, 11) is 1.48. The van der Waals surface area contributed by atoms with Crippen LogP contribution in [-0.4, -0.2) is 34.7 Å². The summed E-state index contributed by atoms with van der Waals surface area (Å²) in [4.78, 5) is 43.3. The van der Waals surface area contributed by atoms with Gasteiger partial charge in [0.15, 0.2) is 0 Å². The van der Waals surface area contributed by atoms with Gasteiger partial charge in [-0.1, -0.05) is 24.3 Å². The van der Waals surface area contributed by atoms with Crippen LogP contribution in [0.5, 0.6) is 5.75 Å². The van der Waals surface area contributed by atoms with Gasteiger partial charge >= 0.3 is 0 Å². The van der Waals surface area contributed by atoms with Gasteiger partial charge in [0.1, 0.15) is 5.75 Å². The molecule has 3 amide bonds. The fourth-order valence-corrected chi connectivity index (χ4v) is 3.36. The Morgan fingerprint density at radius 2 is 1.70 bits per heavy atom. The SMILES string of the molecule is COc1ccc(CN2C(=O)c3ccccc3C2=O)cc1C(=O)NCc1ccccn1. The second kappa shape index (κ2) is 8.16. The van der Waals surface area contributed by atoms with Crippen molar-refractivity contribution in [1.29, 1.82) is 0 Å². The molecule has 1 aliphatic rings. The predicted molar refractivity (Wildman–Crippen MR) is 109 cm³/mol. The van der Waals surface area contributed by atoms with E-state index in [4.69, 9.17) is 4.74 Å². The van der Waals surface area contributed by atoms with E-state index in [9.17, 15) is 14.4 Å². The number of imide groups is 1. The molecule has 0 radical (unpaired) electrons. The van der Waals surface area contributed by atoms with Crippen LogP contribution in [0.4, 0.5) is 0 Å². The topological polar surface area (TPSA) is 88.6 Å². The molecule has 4 rings (SSSR count). The number of methoxy groups -OCH3 is 1. The summed E-state index contributed by atoms with van der Waals surface area (Å²) in [6, 6.07) is 17.2. The zero-order valence-corrected chi connectivity index (χ0v) is 16.3. The van der Waals surface area contributed by atoms with Crippen molar-refractivity contribution >= 4 is 17.7 Å². The van der Waals surface area contributed by atoms with Crippen molar-refractivity contribution in [3.05, 3.63) is 94.8 Å². The van der Waals surface area contributed by atoms with Gasteiger partial charge in [-0.05, 0) is 42.0 Å². The van der Waals surface area contributed by atoms with E-state index in [1.54, 1.807) is 54.7 Å². The average molecular weight is 401 g/mol. The Labute approximate surface area is 173 Å². The van der Waals surface area contributed by atoms with Crippen molar-refractivity contribution in [3.8, 4) is 5.75 Å². The summed E-state index contributed by atoms with van der Waals surface area (Å²) in [5, 5.41) is 2.81. The molecule has 0 bridgehead atoms. The van der Waals surface area contributed by atoms with Crippen molar-refractivity contribution in [3.63, 3.8) is 0 Å². The third-order valence-corrected chi connectivity index (χ3v) is 4.88. The van der Waals surface area contributed by atoms with Crippen LogP contribution in [0.25, 0.3) is 0 Å². The molecule has 0 fully saturated rings. The highest BCUT2D eigenvalue weighted by atomic mass is 16.5. The summed E-state index contributed by atoms with van der Waals surface area (Å²) < 4.78 is 5.31. The molecular weight excluding hydrogens is 382 g/mol. The molecule has 1 aromatic heterocycles. The summed E-state index contributed by atoms with van der Waals surface area (Å²) in [6.07, 6.45) is 1.66. The van der Waals surface area contributed by atoms with Crippen molar-refractivity contribution in [1.82, 2.24) is 15.2 Å². The van der Waals surface area contributed by atoms with Crippen LogP contribution in [-0.2, 0) is 13.1 Å². The molecule has 0 saturated carbocycles. The first kappa shape index (κ1) is 19.3. The predicted octanol–water partition coefficient (Wildman–Crippen LogP) is 2.82. The molecule has 2 heterocycles. The smallest absolute Gasteiger partial charge is 0.261 e. The molecule has 150 valence electrons. The van der Waals surface area contributed by atoms with Gasteiger partial charge in [0.25, 0.3) is 17.7 Å². The fourth-order valence-electron chi connectivity index (χ4n) is 3.36. The minimum absolute atomic E-state index is 0.0663. The van der Waals surface area contributed by atoms with Crippen LogP contribution in [0.1, 0.15) is 42.3 Å². The lowest BCUT2D eigenvalue weighted by atomic mass is 10.1. The van der Waals surface area contributed by atoms with Crippen molar-refractivity contribution in [2.75, 3.05) is 7.11 Å². The molecular formula is C23H19N3O4. The number of rotatable bonds is 6. The van der Waals surface area contributed by atoms with Gasteiger partial charge in [-0.15, -0.1) is 0 Å². The third kappa shape index (κ3) is 3.65. The van der Waals surface area contributed by atoms with Crippen molar-refractivity contribution in [2.24, 2.45) is 0 Å². The monoisotopic (exact) mass is 401 g/mol. The van der Waals surface area contributed by atoms with Crippen LogP contribution >= 0.6 is 0 Å². The third-order valence-electron chi connectivity index (χ3n) is 4.88. The number of benzene rings is 2. The van der Waals surface area contributed by atoms with Gasteiger partial charge in [0, 0.05) is 6.20 Å². The zero-order valence-electron chi connectivity index (χ0n) is 16.3. The molecule has 0 aliphatic carbocycles. The second-order valence-corrected chi connectivity index (χ2v) is 6.78. The van der Waals surface area contributed by atoms with Gasteiger partial charge in [0.2, 0.25) is 0 Å². The number of hydrogen-bond acceptors (Lipinski definition) is 5. The lowest BCUT2D eigenvalue weighted by Gasteiger charge is -2.16. The Morgan fingerprint density at radius 3 is 2.33 bits per heavy atom. The lowest BCUT2D eigenvalue weighted by molar-refractivity contribution is 0.0642. The van der Waals surface area contributed by atoms with E-state index in [-0.39, 0.29) is 30.8 Å². The van der Waals surface area contributed by atoms with E-state index in [2.05, 4.69) is 10.3 Å². The standard InChI is InChI=1S/C23H19N3O4/c1-30-20-10-9-15(12-19(20)21(27)25-13-16-6-4-5-11-24-16)14-26-22(28)17-7-2-3-8-18(17)23(26)29/h2-12H,13-14H2,1H3,(H,25,27). The molecule has 3 aromatic rings. The molecule has 0 saturated heterocycles. The largest absolute Gasteiger partial charge is 0.496 e. The van der Waals surface area contributed by atoms with Gasteiger partial charge in [0.05, 0.1) is 42.6 Å². The number of fused-ring (bicyclic) bond motifs is 1. The highest BCUT2D eigenvalue weighted by Crippen LogP contribution is 2.26. The van der Waals surface area contributed by atoms with E-state index in [1.165, 1.54) is 12.0 Å². The van der Waals surface area contributed by atoms with Gasteiger partial charge in [-0.2, -0.15) is 0 Å².